The highest BCUT2D eigenvalue weighted by Crippen LogP contribution is 2.42. The van der Waals surface area contributed by atoms with Gasteiger partial charge in [-0.3, -0.25) is 14.8 Å². The topological polar surface area (TPSA) is 84.3 Å². The second-order valence-electron chi connectivity index (χ2n) is 9.62. The van der Waals surface area contributed by atoms with E-state index >= 15 is 0 Å². The maximum Gasteiger partial charge on any atom is 0.262 e. The van der Waals surface area contributed by atoms with Crippen LogP contribution in [0.25, 0.3) is 0 Å². The number of anilines is 2. The van der Waals surface area contributed by atoms with Gasteiger partial charge in [0.25, 0.3) is 5.91 Å². The van der Waals surface area contributed by atoms with Crippen molar-refractivity contribution in [3.05, 3.63) is 139 Å². The minimum absolute atomic E-state index is 0.0757. The van der Waals surface area contributed by atoms with Gasteiger partial charge in [0.2, 0.25) is 0 Å². The molecule has 0 radical (unpaired) electrons. The number of rotatable bonds is 9. The zero-order valence-electron chi connectivity index (χ0n) is 22.1. The summed E-state index contributed by atoms with van der Waals surface area (Å²) < 4.78 is 7.79. The molecular formula is C32H28N6O2S. The van der Waals surface area contributed by atoms with Gasteiger partial charge in [-0.15, -0.1) is 0 Å². The number of amides is 1. The molecule has 1 saturated heterocycles. The summed E-state index contributed by atoms with van der Waals surface area (Å²) in [4.78, 5) is 23.5. The highest BCUT2D eigenvalue weighted by atomic mass is 32.1. The van der Waals surface area contributed by atoms with Crippen molar-refractivity contribution in [3.63, 3.8) is 0 Å². The van der Waals surface area contributed by atoms with Crippen molar-refractivity contribution < 1.29 is 9.53 Å². The van der Waals surface area contributed by atoms with Crippen LogP contribution in [-0.4, -0.2) is 32.2 Å². The van der Waals surface area contributed by atoms with Crippen LogP contribution in [0, 0.1) is 0 Å². The van der Waals surface area contributed by atoms with Gasteiger partial charge in [0.1, 0.15) is 11.8 Å². The molecular weight excluding hydrogens is 532 g/mol. The molecule has 3 aromatic heterocycles. The van der Waals surface area contributed by atoms with Gasteiger partial charge in [-0.1, -0.05) is 30.3 Å². The fourth-order valence-electron chi connectivity index (χ4n) is 5.03. The fourth-order valence-corrected chi connectivity index (χ4v) is 5.38. The van der Waals surface area contributed by atoms with Crippen LogP contribution in [0.1, 0.15) is 29.0 Å². The normalized spacial score (nSPS) is 16.3. The zero-order valence-corrected chi connectivity index (χ0v) is 22.9. The number of nitrogens with zero attached hydrogens (tertiary/aromatic N) is 4. The Hall–Kier alpha value is -5.02. The summed E-state index contributed by atoms with van der Waals surface area (Å²) in [6.07, 6.45) is 7.54. The molecule has 2 N–H and O–H groups in total. The summed E-state index contributed by atoms with van der Waals surface area (Å²) in [6, 6.07) is 30.7. The predicted molar refractivity (Wildman–Crippen MR) is 163 cm³/mol. The molecule has 5 aromatic rings. The van der Waals surface area contributed by atoms with Crippen molar-refractivity contribution in [1.82, 2.24) is 19.9 Å². The summed E-state index contributed by atoms with van der Waals surface area (Å²) in [5, 5.41) is 7.01. The van der Waals surface area contributed by atoms with Crippen LogP contribution in [-0.2, 0) is 11.3 Å². The third-order valence-electron chi connectivity index (χ3n) is 6.88. The van der Waals surface area contributed by atoms with E-state index in [2.05, 4.69) is 54.5 Å². The summed E-state index contributed by atoms with van der Waals surface area (Å²) in [5.41, 5.74) is 4.67. The van der Waals surface area contributed by atoms with Crippen LogP contribution >= 0.6 is 12.2 Å². The molecule has 4 heterocycles. The molecule has 8 nitrogen and oxygen atoms in total. The fraction of sp³-hybridized carbons (Fsp3) is 0.125. The lowest BCUT2D eigenvalue weighted by Crippen LogP contribution is -2.30. The first-order valence-corrected chi connectivity index (χ1v) is 13.7. The van der Waals surface area contributed by atoms with Crippen molar-refractivity contribution in [2.75, 3.05) is 16.8 Å². The molecule has 2 atom stereocenters. The molecule has 2 aromatic carbocycles. The van der Waals surface area contributed by atoms with Gasteiger partial charge >= 0.3 is 0 Å². The zero-order chi connectivity index (χ0) is 28.0. The van der Waals surface area contributed by atoms with Crippen LogP contribution in [0.3, 0.4) is 0 Å². The number of hydrogen-bond acceptors (Lipinski definition) is 5. The number of thiocarbonyl (C=S) groups is 1. The lowest BCUT2D eigenvalue weighted by Gasteiger charge is -2.29. The van der Waals surface area contributed by atoms with Crippen molar-refractivity contribution in [2.45, 2.75) is 18.6 Å². The Bertz CT molecular complexity index is 1610. The van der Waals surface area contributed by atoms with E-state index in [0.29, 0.717) is 23.1 Å². The van der Waals surface area contributed by atoms with E-state index in [9.17, 15) is 4.79 Å². The number of carbonyl (C=O) groups excluding carboxylic acids is 1. The quantitative estimate of drug-likeness (QED) is 0.230. The Balaban J connectivity index is 1.25. The standard InChI is InChI=1S/C32H28N6O2S/c39-29(22-40-26-9-2-1-3-10-26)35-24-13-15-25(16-14-24)38-31(30(36-32(38)41)27-11-4-5-18-34-27)28-12-7-19-37(28)21-23-8-6-17-33-20-23/h1-20,30-31H,21-22H2,(H,35,39)(H,36,41)/t30-,31+/m0/s1. The molecule has 0 aliphatic carbocycles. The smallest absolute Gasteiger partial charge is 0.262 e. The minimum atomic E-state index is -0.235. The first kappa shape index (κ1) is 26.2. The van der Waals surface area contributed by atoms with Gasteiger partial charge in [0, 0.05) is 48.4 Å². The van der Waals surface area contributed by atoms with Gasteiger partial charge in [0.15, 0.2) is 11.7 Å². The number of benzene rings is 2. The van der Waals surface area contributed by atoms with E-state index in [4.69, 9.17) is 17.0 Å². The van der Waals surface area contributed by atoms with Gasteiger partial charge < -0.3 is 24.8 Å². The molecule has 0 saturated carbocycles. The third kappa shape index (κ3) is 5.95. The van der Waals surface area contributed by atoms with Crippen molar-refractivity contribution in [3.8, 4) is 5.75 Å². The number of para-hydroxylation sites is 1. The number of carbonyl (C=O) groups is 1. The summed E-state index contributed by atoms with van der Waals surface area (Å²) in [7, 11) is 0. The second kappa shape index (κ2) is 12.0. The average molecular weight is 561 g/mol. The SMILES string of the molecule is O=C(COc1ccccc1)Nc1ccc(N2C(=S)N[C@@H](c3ccccn3)[C@H]2c2cccn2Cc2cccnc2)cc1. The van der Waals surface area contributed by atoms with Gasteiger partial charge in [-0.2, -0.15) is 0 Å². The van der Waals surface area contributed by atoms with Crippen LogP contribution in [0.5, 0.6) is 5.75 Å². The lowest BCUT2D eigenvalue weighted by atomic mass is 10.0. The van der Waals surface area contributed by atoms with Crippen molar-refractivity contribution in [2.24, 2.45) is 0 Å². The van der Waals surface area contributed by atoms with E-state index in [1.165, 1.54) is 0 Å². The summed E-state index contributed by atoms with van der Waals surface area (Å²) in [6.45, 7) is 0.603. The Morgan fingerprint density at radius 3 is 2.51 bits per heavy atom. The first-order chi connectivity index (χ1) is 20.2. The van der Waals surface area contributed by atoms with Gasteiger partial charge in [-0.05, 0) is 84.5 Å². The minimum Gasteiger partial charge on any atom is -0.484 e. The third-order valence-corrected chi connectivity index (χ3v) is 7.20. The Morgan fingerprint density at radius 2 is 1.76 bits per heavy atom. The van der Waals surface area contributed by atoms with E-state index in [-0.39, 0.29) is 24.6 Å². The van der Waals surface area contributed by atoms with E-state index in [0.717, 1.165) is 22.6 Å². The average Bonchev–Trinajstić information content (AvgIpc) is 3.61. The monoisotopic (exact) mass is 560 g/mol. The van der Waals surface area contributed by atoms with Crippen molar-refractivity contribution in [1.29, 1.82) is 0 Å². The lowest BCUT2D eigenvalue weighted by molar-refractivity contribution is -0.118. The highest BCUT2D eigenvalue weighted by Gasteiger charge is 2.42. The van der Waals surface area contributed by atoms with E-state index < -0.39 is 0 Å². The Morgan fingerprint density at radius 1 is 0.927 bits per heavy atom. The molecule has 204 valence electrons. The molecule has 6 rings (SSSR count). The number of aromatic nitrogens is 3. The van der Waals surface area contributed by atoms with Crippen LogP contribution in [0.2, 0.25) is 0 Å². The molecule has 1 fully saturated rings. The first-order valence-electron chi connectivity index (χ1n) is 13.3. The number of pyridine rings is 2. The van der Waals surface area contributed by atoms with Crippen molar-refractivity contribution >= 4 is 34.6 Å². The van der Waals surface area contributed by atoms with Crippen LogP contribution < -0.4 is 20.3 Å². The molecule has 0 unspecified atom stereocenters. The molecule has 41 heavy (non-hydrogen) atoms. The second-order valence-corrected chi connectivity index (χ2v) is 10.0. The molecule has 0 bridgehead atoms. The van der Waals surface area contributed by atoms with E-state index in [1.54, 1.807) is 12.4 Å². The molecule has 1 aliphatic rings. The highest BCUT2D eigenvalue weighted by molar-refractivity contribution is 7.80. The molecule has 1 amide bonds. The molecule has 1 aliphatic heterocycles. The Kier molecular flexibility index (Phi) is 7.68. The van der Waals surface area contributed by atoms with Gasteiger partial charge in [0.05, 0.1) is 11.7 Å². The van der Waals surface area contributed by atoms with Crippen LogP contribution in [0.15, 0.2) is 122 Å². The molecule has 0 spiro atoms. The van der Waals surface area contributed by atoms with Gasteiger partial charge in [-0.25, -0.2) is 0 Å². The maximum absolute atomic E-state index is 12.5. The summed E-state index contributed by atoms with van der Waals surface area (Å²) in [5.74, 6) is 0.413. The van der Waals surface area contributed by atoms with Crippen LogP contribution in [0.4, 0.5) is 11.4 Å². The Labute approximate surface area is 243 Å². The number of ether oxygens (including phenoxy) is 1. The maximum atomic E-state index is 12.5. The largest absolute Gasteiger partial charge is 0.484 e. The van der Waals surface area contributed by atoms with E-state index in [1.807, 2.05) is 85.1 Å². The predicted octanol–water partition coefficient (Wildman–Crippen LogP) is 5.52. The number of nitrogens with one attached hydrogen (secondary N) is 2. The molecule has 9 heteroatoms. The number of hydrogen-bond donors (Lipinski definition) is 2. The summed E-state index contributed by atoms with van der Waals surface area (Å²) >= 11 is 5.89.